The van der Waals surface area contributed by atoms with E-state index in [1.807, 2.05) is 78.9 Å². The second kappa shape index (κ2) is 13.8. The zero-order chi connectivity index (χ0) is 31.1. The highest BCUT2D eigenvalue weighted by molar-refractivity contribution is 5.49. The van der Waals surface area contributed by atoms with Gasteiger partial charge in [0.1, 0.15) is 29.4 Å². The largest absolute Gasteiger partial charge is 0.497 e. The molecule has 4 aromatic rings. The number of hydrogen-bond acceptors (Lipinski definition) is 7. The summed E-state index contributed by atoms with van der Waals surface area (Å²) in [5, 5.41) is 11.1. The number of hydrogen-bond donors (Lipinski definition) is 1. The predicted octanol–water partition coefficient (Wildman–Crippen LogP) is 4.10. The number of ether oxygens (including phenoxy) is 4. The summed E-state index contributed by atoms with van der Waals surface area (Å²) in [5.74, 6) is 3.93. The van der Waals surface area contributed by atoms with E-state index >= 15 is 0 Å². The van der Waals surface area contributed by atoms with Crippen LogP contribution in [0.3, 0.4) is 0 Å². The van der Waals surface area contributed by atoms with E-state index < -0.39 is 35.3 Å². The van der Waals surface area contributed by atoms with Gasteiger partial charge in [0.25, 0.3) is 5.56 Å². The normalized spacial score (nSPS) is 18.1. The number of terminal acetylenes is 1. The maximum absolute atomic E-state index is 13.2. The molecule has 228 valence electrons. The van der Waals surface area contributed by atoms with E-state index in [1.165, 1.54) is 16.8 Å². The molecule has 1 N–H and O–H groups in total. The molecule has 0 bridgehead atoms. The Kier molecular flexibility index (Phi) is 9.65. The van der Waals surface area contributed by atoms with E-state index in [9.17, 15) is 14.7 Å². The van der Waals surface area contributed by atoms with Gasteiger partial charge in [0, 0.05) is 31.6 Å². The Morgan fingerprint density at radius 3 is 2.07 bits per heavy atom. The third-order valence-electron chi connectivity index (χ3n) is 7.95. The summed E-state index contributed by atoms with van der Waals surface area (Å²) in [6.07, 6.45) is 5.38. The Morgan fingerprint density at radius 1 is 0.909 bits per heavy atom. The molecule has 1 aromatic heterocycles. The van der Waals surface area contributed by atoms with Gasteiger partial charge >= 0.3 is 5.69 Å². The molecule has 1 aliphatic heterocycles. The molecule has 0 aliphatic carbocycles. The average molecular weight is 597 g/mol. The lowest BCUT2D eigenvalue weighted by Gasteiger charge is -2.37. The molecule has 0 radical (unpaired) electrons. The fourth-order valence-electron chi connectivity index (χ4n) is 5.61. The van der Waals surface area contributed by atoms with Gasteiger partial charge in [-0.2, -0.15) is 0 Å². The Hall–Kier alpha value is -4.62. The first-order valence-electron chi connectivity index (χ1n) is 14.5. The topological polar surface area (TPSA) is 101 Å². The third kappa shape index (κ3) is 6.19. The zero-order valence-electron chi connectivity index (χ0n) is 24.8. The van der Waals surface area contributed by atoms with E-state index in [0.717, 1.165) is 21.3 Å². The third-order valence-corrected chi connectivity index (χ3v) is 7.95. The fraction of sp³-hybridized carbons (Fsp3) is 0.314. The standard InChI is InChI=1S/C35H36N2O7/c1-4-5-9-21-36-32(39)20-22-37(34(36)40)33-23-30(38)31(44-33)24-43-35(25-10-7-6-8-11-25,26-12-16-28(41-2)17-13-26)27-14-18-29(42-3)19-15-27/h1,6-8,10-20,22,30-31,33,38H,5,9,21,23-24H2,2-3H3/t30?,31-,33-/m1/s1. The SMILES string of the molecule is C#CCCCn1c(=O)ccn([C@H]2CC(O)[C@@H](COC(c3ccccc3)(c3ccc(OC)cc3)c3ccc(OC)cc3)O2)c1=O. The van der Waals surface area contributed by atoms with Crippen molar-refractivity contribution in [2.75, 3.05) is 20.8 Å². The molecule has 1 fully saturated rings. The van der Waals surface area contributed by atoms with E-state index in [0.29, 0.717) is 24.3 Å². The monoisotopic (exact) mass is 596 g/mol. The molecule has 2 heterocycles. The smallest absolute Gasteiger partial charge is 0.333 e. The second-order valence-corrected chi connectivity index (χ2v) is 10.6. The number of methoxy groups -OCH3 is 2. The first-order chi connectivity index (χ1) is 21.4. The quantitative estimate of drug-likeness (QED) is 0.149. The van der Waals surface area contributed by atoms with Crippen LogP contribution in [0.15, 0.2) is 101 Å². The Balaban J connectivity index is 1.49. The van der Waals surface area contributed by atoms with Crippen LogP contribution in [-0.4, -0.2) is 47.3 Å². The first kappa shape index (κ1) is 30.8. The molecule has 5 rings (SSSR count). The van der Waals surface area contributed by atoms with E-state index in [4.69, 9.17) is 25.4 Å². The van der Waals surface area contributed by atoms with Gasteiger partial charge in [-0.1, -0.05) is 54.6 Å². The van der Waals surface area contributed by atoms with Crippen molar-refractivity contribution in [3.8, 4) is 23.8 Å². The molecule has 9 heteroatoms. The zero-order valence-corrected chi connectivity index (χ0v) is 24.8. The maximum atomic E-state index is 13.2. The van der Waals surface area contributed by atoms with Gasteiger partial charge in [-0.15, -0.1) is 12.3 Å². The molecule has 0 saturated carbocycles. The van der Waals surface area contributed by atoms with Crippen LogP contribution in [0.1, 0.15) is 42.2 Å². The van der Waals surface area contributed by atoms with Gasteiger partial charge in [-0.25, -0.2) is 4.79 Å². The number of benzene rings is 3. The highest BCUT2D eigenvalue weighted by Gasteiger charge is 2.42. The summed E-state index contributed by atoms with van der Waals surface area (Å²) in [7, 11) is 3.23. The summed E-state index contributed by atoms with van der Waals surface area (Å²) in [5.41, 5.74) is 0.538. The summed E-state index contributed by atoms with van der Waals surface area (Å²) < 4.78 is 26.4. The van der Waals surface area contributed by atoms with Crippen LogP contribution in [0, 0.1) is 12.3 Å². The van der Waals surface area contributed by atoms with Crippen LogP contribution in [-0.2, 0) is 21.6 Å². The lowest BCUT2D eigenvalue weighted by atomic mass is 9.80. The van der Waals surface area contributed by atoms with Crippen molar-refractivity contribution in [1.29, 1.82) is 0 Å². The molecular weight excluding hydrogens is 560 g/mol. The van der Waals surface area contributed by atoms with Crippen molar-refractivity contribution >= 4 is 0 Å². The molecule has 0 spiro atoms. The molecule has 9 nitrogen and oxygen atoms in total. The fourth-order valence-corrected chi connectivity index (χ4v) is 5.61. The van der Waals surface area contributed by atoms with Gasteiger partial charge in [0.15, 0.2) is 0 Å². The Labute approximate surface area is 256 Å². The van der Waals surface area contributed by atoms with Crippen LogP contribution < -0.4 is 20.7 Å². The minimum atomic E-state index is -1.10. The number of rotatable bonds is 12. The van der Waals surface area contributed by atoms with Gasteiger partial charge < -0.3 is 24.1 Å². The van der Waals surface area contributed by atoms with E-state index in [2.05, 4.69) is 5.92 Å². The van der Waals surface area contributed by atoms with Crippen LogP contribution in [0.4, 0.5) is 0 Å². The van der Waals surface area contributed by atoms with E-state index in [1.54, 1.807) is 14.2 Å². The molecule has 3 atom stereocenters. The lowest BCUT2D eigenvalue weighted by molar-refractivity contribution is -0.0946. The molecule has 1 saturated heterocycles. The average Bonchev–Trinajstić information content (AvgIpc) is 3.43. The first-order valence-corrected chi connectivity index (χ1v) is 14.5. The van der Waals surface area contributed by atoms with Gasteiger partial charge in [-0.05, 0) is 47.4 Å². The molecule has 0 amide bonds. The summed E-state index contributed by atoms with van der Waals surface area (Å²) in [6.45, 7) is 0.203. The summed E-state index contributed by atoms with van der Waals surface area (Å²) in [6, 6.07) is 26.5. The number of aliphatic hydroxyl groups excluding tert-OH is 1. The van der Waals surface area contributed by atoms with Gasteiger partial charge in [0.05, 0.1) is 26.9 Å². The number of nitrogens with zero attached hydrogens (tertiary/aromatic N) is 2. The van der Waals surface area contributed by atoms with E-state index in [-0.39, 0.29) is 19.6 Å². The van der Waals surface area contributed by atoms with Crippen molar-refractivity contribution in [1.82, 2.24) is 9.13 Å². The Bertz CT molecular complexity index is 1640. The molecule has 1 unspecified atom stereocenters. The molecule has 1 aliphatic rings. The van der Waals surface area contributed by atoms with Crippen LogP contribution in [0.25, 0.3) is 0 Å². The number of unbranched alkanes of at least 4 members (excludes halogenated alkanes) is 1. The lowest BCUT2D eigenvalue weighted by Crippen LogP contribution is -2.40. The van der Waals surface area contributed by atoms with Crippen molar-refractivity contribution in [2.24, 2.45) is 0 Å². The number of aromatic nitrogens is 2. The second-order valence-electron chi connectivity index (χ2n) is 10.6. The van der Waals surface area contributed by atoms with Gasteiger partial charge in [-0.3, -0.25) is 13.9 Å². The summed E-state index contributed by atoms with van der Waals surface area (Å²) in [4.78, 5) is 25.6. The maximum Gasteiger partial charge on any atom is 0.333 e. The molecule has 3 aromatic carbocycles. The highest BCUT2D eigenvalue weighted by Crippen LogP contribution is 2.42. The number of aliphatic hydroxyl groups is 1. The molecular formula is C35H36N2O7. The van der Waals surface area contributed by atoms with Crippen LogP contribution in [0.5, 0.6) is 11.5 Å². The van der Waals surface area contributed by atoms with Crippen LogP contribution in [0.2, 0.25) is 0 Å². The predicted molar refractivity (Wildman–Crippen MR) is 166 cm³/mol. The minimum Gasteiger partial charge on any atom is -0.497 e. The highest BCUT2D eigenvalue weighted by atomic mass is 16.6. The van der Waals surface area contributed by atoms with Crippen molar-refractivity contribution in [2.45, 2.75) is 49.8 Å². The Morgan fingerprint density at radius 2 is 1.50 bits per heavy atom. The van der Waals surface area contributed by atoms with Crippen molar-refractivity contribution < 1.29 is 24.1 Å². The minimum absolute atomic E-state index is 0.00117. The summed E-state index contributed by atoms with van der Waals surface area (Å²) >= 11 is 0. The molecule has 44 heavy (non-hydrogen) atoms. The van der Waals surface area contributed by atoms with Gasteiger partial charge in [0.2, 0.25) is 0 Å². The van der Waals surface area contributed by atoms with Crippen molar-refractivity contribution in [3.63, 3.8) is 0 Å². The van der Waals surface area contributed by atoms with Crippen LogP contribution >= 0.6 is 0 Å². The van der Waals surface area contributed by atoms with Crippen molar-refractivity contribution in [3.05, 3.63) is 129 Å².